The number of hydrogen-bond donors (Lipinski definition) is 2. The second kappa shape index (κ2) is 10.5. The summed E-state index contributed by atoms with van der Waals surface area (Å²) in [4.78, 5) is 25.1. The molecule has 0 fully saturated rings. The molecule has 5 nitrogen and oxygen atoms in total. The van der Waals surface area contributed by atoms with Crippen molar-refractivity contribution in [2.75, 3.05) is 23.0 Å². The van der Waals surface area contributed by atoms with Crippen LogP contribution in [0.5, 0.6) is 5.75 Å². The second-order valence-electron chi connectivity index (χ2n) is 5.99. The summed E-state index contributed by atoms with van der Waals surface area (Å²) in [5.74, 6) is 0.442. The van der Waals surface area contributed by atoms with Gasteiger partial charge in [0, 0.05) is 10.6 Å². The highest BCUT2D eigenvalue weighted by Gasteiger charge is 2.08. The number of nitrogens with one attached hydrogen (secondary N) is 2. The van der Waals surface area contributed by atoms with Crippen molar-refractivity contribution in [1.29, 1.82) is 0 Å². The highest BCUT2D eigenvalue weighted by Crippen LogP contribution is 2.24. The zero-order chi connectivity index (χ0) is 20.5. The van der Waals surface area contributed by atoms with E-state index in [2.05, 4.69) is 10.6 Å². The topological polar surface area (TPSA) is 67.4 Å². The molecule has 0 aliphatic carbocycles. The molecule has 2 amide bonds. The average molecular weight is 427 g/mol. The predicted molar refractivity (Wildman–Crippen MR) is 118 cm³/mol. The van der Waals surface area contributed by atoms with Gasteiger partial charge in [-0.25, -0.2) is 0 Å². The van der Waals surface area contributed by atoms with Crippen molar-refractivity contribution in [2.24, 2.45) is 0 Å². The number of carbonyl (C=O) groups excluding carboxylic acids is 2. The molecule has 148 valence electrons. The molecule has 29 heavy (non-hydrogen) atoms. The smallest absolute Gasteiger partial charge is 0.262 e. The Balaban J connectivity index is 1.48. The van der Waals surface area contributed by atoms with Gasteiger partial charge in [0.2, 0.25) is 5.91 Å². The molecule has 3 aromatic rings. The van der Waals surface area contributed by atoms with E-state index in [0.717, 1.165) is 4.90 Å². The molecule has 0 heterocycles. The van der Waals surface area contributed by atoms with Crippen molar-refractivity contribution in [3.63, 3.8) is 0 Å². The van der Waals surface area contributed by atoms with Crippen molar-refractivity contribution >= 4 is 46.6 Å². The van der Waals surface area contributed by atoms with E-state index in [1.807, 2.05) is 42.5 Å². The molecule has 0 unspecified atom stereocenters. The summed E-state index contributed by atoms with van der Waals surface area (Å²) in [6.07, 6.45) is 0. The molecule has 3 rings (SSSR count). The van der Waals surface area contributed by atoms with Crippen LogP contribution >= 0.6 is 23.4 Å². The van der Waals surface area contributed by atoms with Crippen LogP contribution in [0.4, 0.5) is 11.4 Å². The van der Waals surface area contributed by atoms with E-state index in [9.17, 15) is 9.59 Å². The molecule has 0 aliphatic heterocycles. The van der Waals surface area contributed by atoms with E-state index in [1.54, 1.807) is 36.4 Å². The number of anilines is 2. The van der Waals surface area contributed by atoms with Crippen molar-refractivity contribution in [2.45, 2.75) is 4.90 Å². The zero-order valence-electron chi connectivity index (χ0n) is 15.4. The maximum absolute atomic E-state index is 12.1. The molecule has 7 heteroatoms. The normalized spacial score (nSPS) is 10.2. The number of thioether (sulfide) groups is 1. The molecule has 0 aliphatic rings. The van der Waals surface area contributed by atoms with Crippen molar-refractivity contribution in [3.8, 4) is 5.75 Å². The Hall–Kier alpha value is -2.96. The molecule has 3 aromatic carbocycles. The number of amides is 2. The van der Waals surface area contributed by atoms with Gasteiger partial charge in [-0.05, 0) is 42.5 Å². The maximum atomic E-state index is 12.1. The molecule has 2 N–H and O–H groups in total. The lowest BCUT2D eigenvalue weighted by Crippen LogP contribution is -2.20. The summed E-state index contributed by atoms with van der Waals surface area (Å²) >= 11 is 7.41. The summed E-state index contributed by atoms with van der Waals surface area (Å²) in [6, 6.07) is 23.5. The fourth-order valence-electron chi connectivity index (χ4n) is 2.42. The number of benzene rings is 3. The van der Waals surface area contributed by atoms with E-state index < -0.39 is 0 Å². The number of para-hydroxylation sites is 2. The van der Waals surface area contributed by atoms with Crippen molar-refractivity contribution < 1.29 is 14.3 Å². The lowest BCUT2D eigenvalue weighted by Gasteiger charge is -2.09. The van der Waals surface area contributed by atoms with Gasteiger partial charge in [0.05, 0.1) is 16.5 Å². The van der Waals surface area contributed by atoms with Gasteiger partial charge < -0.3 is 15.4 Å². The van der Waals surface area contributed by atoms with E-state index >= 15 is 0 Å². The van der Waals surface area contributed by atoms with Crippen LogP contribution in [0.1, 0.15) is 0 Å². The Bertz CT molecular complexity index is 983. The van der Waals surface area contributed by atoms with Crippen LogP contribution in [0.2, 0.25) is 5.02 Å². The third kappa shape index (κ3) is 6.85. The summed E-state index contributed by atoms with van der Waals surface area (Å²) in [5.41, 5.74) is 1.22. The van der Waals surface area contributed by atoms with Crippen LogP contribution in [-0.4, -0.2) is 24.2 Å². The van der Waals surface area contributed by atoms with Gasteiger partial charge in [-0.15, -0.1) is 11.8 Å². The minimum atomic E-state index is -0.257. The van der Waals surface area contributed by atoms with Crippen LogP contribution in [0.25, 0.3) is 0 Å². The molecule has 0 saturated heterocycles. The van der Waals surface area contributed by atoms with Gasteiger partial charge in [0.1, 0.15) is 5.75 Å². The fraction of sp³-hybridized carbons (Fsp3) is 0.0909. The lowest BCUT2D eigenvalue weighted by atomic mass is 10.3. The molecule has 0 spiro atoms. The summed E-state index contributed by atoms with van der Waals surface area (Å²) in [7, 11) is 0. The van der Waals surface area contributed by atoms with E-state index in [1.165, 1.54) is 11.8 Å². The van der Waals surface area contributed by atoms with Gasteiger partial charge in [-0.2, -0.15) is 0 Å². The lowest BCUT2D eigenvalue weighted by molar-refractivity contribution is -0.118. The monoisotopic (exact) mass is 426 g/mol. The Kier molecular flexibility index (Phi) is 7.55. The minimum absolute atomic E-state index is 0.0817. The first-order valence-electron chi connectivity index (χ1n) is 8.85. The summed E-state index contributed by atoms with van der Waals surface area (Å²) in [5, 5.41) is 6.07. The molecular weight excluding hydrogens is 408 g/mol. The van der Waals surface area contributed by atoms with E-state index in [-0.39, 0.29) is 24.2 Å². The first-order valence-corrected chi connectivity index (χ1v) is 10.2. The third-order valence-electron chi connectivity index (χ3n) is 3.75. The summed E-state index contributed by atoms with van der Waals surface area (Å²) in [6.45, 7) is -0.0817. The van der Waals surface area contributed by atoms with Crippen molar-refractivity contribution in [3.05, 3.63) is 83.9 Å². The largest absolute Gasteiger partial charge is 0.484 e. The van der Waals surface area contributed by atoms with E-state index in [4.69, 9.17) is 16.3 Å². The van der Waals surface area contributed by atoms with Crippen molar-refractivity contribution in [1.82, 2.24) is 0 Å². The average Bonchev–Trinajstić information content (AvgIpc) is 2.73. The highest BCUT2D eigenvalue weighted by atomic mass is 35.5. The van der Waals surface area contributed by atoms with E-state index in [0.29, 0.717) is 22.1 Å². The number of halogens is 1. The Morgan fingerprint density at radius 2 is 1.62 bits per heavy atom. The molecule has 0 saturated carbocycles. The molecular formula is C22H19ClN2O3S. The standard InChI is InChI=1S/C22H19ClN2O3S/c23-19-11-4-5-12-20(19)25-22(27)15-29-18-10-6-7-16(13-18)24-21(26)14-28-17-8-2-1-3-9-17/h1-13H,14-15H2,(H,24,26)(H,25,27). The fourth-order valence-corrected chi connectivity index (χ4v) is 3.36. The molecule has 0 aromatic heterocycles. The molecule has 0 bridgehead atoms. The molecule has 0 radical (unpaired) electrons. The number of carbonyl (C=O) groups is 2. The highest BCUT2D eigenvalue weighted by molar-refractivity contribution is 8.00. The Labute approximate surface area is 178 Å². The number of rotatable bonds is 8. The zero-order valence-corrected chi connectivity index (χ0v) is 17.0. The quantitative estimate of drug-likeness (QED) is 0.492. The van der Waals surface area contributed by atoms with Gasteiger partial charge >= 0.3 is 0 Å². The number of ether oxygens (including phenoxy) is 1. The first kappa shape index (κ1) is 20.8. The Morgan fingerprint density at radius 3 is 2.41 bits per heavy atom. The van der Waals surface area contributed by atoms with Crippen LogP contribution in [0.15, 0.2) is 83.8 Å². The minimum Gasteiger partial charge on any atom is -0.484 e. The third-order valence-corrected chi connectivity index (χ3v) is 5.07. The predicted octanol–water partition coefficient (Wildman–Crippen LogP) is 5.09. The van der Waals surface area contributed by atoms with Crippen LogP contribution < -0.4 is 15.4 Å². The maximum Gasteiger partial charge on any atom is 0.262 e. The van der Waals surface area contributed by atoms with Gasteiger partial charge in [0.25, 0.3) is 5.91 Å². The number of hydrogen-bond acceptors (Lipinski definition) is 4. The Morgan fingerprint density at radius 1 is 0.862 bits per heavy atom. The van der Waals surface area contributed by atoms with Crippen LogP contribution in [0, 0.1) is 0 Å². The van der Waals surface area contributed by atoms with Gasteiger partial charge in [0.15, 0.2) is 6.61 Å². The van der Waals surface area contributed by atoms with Crippen LogP contribution in [0.3, 0.4) is 0 Å². The summed E-state index contributed by atoms with van der Waals surface area (Å²) < 4.78 is 5.43. The van der Waals surface area contributed by atoms with Crippen LogP contribution in [-0.2, 0) is 9.59 Å². The van der Waals surface area contributed by atoms with Gasteiger partial charge in [-0.3, -0.25) is 9.59 Å². The first-order chi connectivity index (χ1) is 14.1. The SMILES string of the molecule is O=C(COc1ccccc1)Nc1cccc(SCC(=O)Nc2ccccc2Cl)c1. The molecule has 0 atom stereocenters. The second-order valence-corrected chi connectivity index (χ2v) is 7.45. The van der Waals surface area contributed by atoms with Gasteiger partial charge in [-0.1, -0.05) is 48.0 Å².